The van der Waals surface area contributed by atoms with Crippen LogP contribution in [0.15, 0.2) is 24.3 Å². The highest BCUT2D eigenvalue weighted by Gasteiger charge is 2.23. The van der Waals surface area contributed by atoms with Crippen LogP contribution in [0.4, 0.5) is 0 Å². The van der Waals surface area contributed by atoms with Gasteiger partial charge in [-0.15, -0.1) is 0 Å². The molecule has 21 heavy (non-hydrogen) atoms. The molecule has 0 saturated heterocycles. The second kappa shape index (κ2) is 7.08. The van der Waals surface area contributed by atoms with Crippen LogP contribution in [0.25, 0.3) is 0 Å². The summed E-state index contributed by atoms with van der Waals surface area (Å²) in [5.41, 5.74) is 7.49. The van der Waals surface area contributed by atoms with E-state index < -0.39 is 8.07 Å². The lowest BCUT2D eigenvalue weighted by atomic mass is 9.90. The number of rotatable bonds is 5. The molecule has 0 aromatic heterocycles. The van der Waals surface area contributed by atoms with Gasteiger partial charge in [-0.2, -0.15) is 0 Å². The predicted molar refractivity (Wildman–Crippen MR) is 95.7 cm³/mol. The van der Waals surface area contributed by atoms with Crippen molar-refractivity contribution in [3.63, 3.8) is 0 Å². The van der Waals surface area contributed by atoms with Crippen molar-refractivity contribution in [2.24, 2.45) is 5.73 Å². The molecular formula is C18H32N2Si. The molecule has 2 rings (SSSR count). The molecule has 0 atom stereocenters. The van der Waals surface area contributed by atoms with Gasteiger partial charge in [0, 0.05) is 18.6 Å². The van der Waals surface area contributed by atoms with Crippen LogP contribution in [0.3, 0.4) is 0 Å². The van der Waals surface area contributed by atoms with Crippen LogP contribution >= 0.6 is 0 Å². The summed E-state index contributed by atoms with van der Waals surface area (Å²) in [5, 5.41) is 1.55. The van der Waals surface area contributed by atoms with Gasteiger partial charge in [0.15, 0.2) is 0 Å². The van der Waals surface area contributed by atoms with E-state index in [2.05, 4.69) is 55.7 Å². The Balaban J connectivity index is 1.98. The third kappa shape index (κ3) is 4.66. The molecule has 0 radical (unpaired) electrons. The van der Waals surface area contributed by atoms with Crippen LogP contribution in [0, 0.1) is 0 Å². The van der Waals surface area contributed by atoms with Gasteiger partial charge < -0.3 is 5.73 Å². The van der Waals surface area contributed by atoms with E-state index in [1.54, 1.807) is 5.19 Å². The summed E-state index contributed by atoms with van der Waals surface area (Å²) in [5.74, 6) is 0. The topological polar surface area (TPSA) is 29.3 Å². The molecule has 1 aromatic carbocycles. The van der Waals surface area contributed by atoms with Crippen molar-refractivity contribution in [1.82, 2.24) is 4.90 Å². The normalized spacial score (nSPS) is 23.5. The summed E-state index contributed by atoms with van der Waals surface area (Å²) >= 11 is 0. The Bertz CT molecular complexity index is 428. The standard InChI is InChI=1S/C18H32N2Si/c1-5-20(17-10-8-16(19)9-11-17)14-15-6-12-18(13-7-15)21(2,3)4/h6-7,12-13,16-17H,5,8-11,14,19H2,1-4H3. The van der Waals surface area contributed by atoms with E-state index in [4.69, 9.17) is 5.73 Å². The predicted octanol–water partition coefficient (Wildman–Crippen LogP) is 3.32. The number of nitrogens with two attached hydrogens (primary N) is 1. The van der Waals surface area contributed by atoms with Crippen molar-refractivity contribution < 1.29 is 0 Å². The first kappa shape index (κ1) is 16.7. The lowest BCUT2D eigenvalue weighted by Gasteiger charge is -2.35. The van der Waals surface area contributed by atoms with Crippen molar-refractivity contribution in [2.75, 3.05) is 6.54 Å². The van der Waals surface area contributed by atoms with E-state index in [1.807, 2.05) is 0 Å². The number of nitrogens with zero attached hydrogens (tertiary/aromatic N) is 1. The Labute approximate surface area is 131 Å². The third-order valence-electron chi connectivity index (χ3n) is 4.87. The Morgan fingerprint density at radius 3 is 2.10 bits per heavy atom. The SMILES string of the molecule is CCN(Cc1ccc([Si](C)(C)C)cc1)C1CCC(N)CC1. The van der Waals surface area contributed by atoms with E-state index in [0.29, 0.717) is 6.04 Å². The minimum Gasteiger partial charge on any atom is -0.328 e. The average molecular weight is 305 g/mol. The monoisotopic (exact) mass is 304 g/mol. The number of hydrogen-bond acceptors (Lipinski definition) is 2. The van der Waals surface area contributed by atoms with Gasteiger partial charge in [0.1, 0.15) is 0 Å². The molecular weight excluding hydrogens is 272 g/mol. The molecule has 0 aliphatic heterocycles. The summed E-state index contributed by atoms with van der Waals surface area (Å²) in [7, 11) is -1.17. The second-order valence-corrected chi connectivity index (χ2v) is 12.7. The molecule has 1 aliphatic rings. The van der Waals surface area contributed by atoms with E-state index in [1.165, 1.54) is 31.2 Å². The molecule has 0 spiro atoms. The summed E-state index contributed by atoms with van der Waals surface area (Å²) in [6.07, 6.45) is 4.91. The zero-order chi connectivity index (χ0) is 15.5. The minimum atomic E-state index is -1.17. The van der Waals surface area contributed by atoms with Crippen LogP contribution in [0.2, 0.25) is 19.6 Å². The van der Waals surface area contributed by atoms with Crippen LogP contribution in [-0.2, 0) is 6.54 Å². The van der Waals surface area contributed by atoms with E-state index >= 15 is 0 Å². The van der Waals surface area contributed by atoms with Gasteiger partial charge in [0.2, 0.25) is 0 Å². The van der Waals surface area contributed by atoms with E-state index in [9.17, 15) is 0 Å². The van der Waals surface area contributed by atoms with Gasteiger partial charge in [-0.25, -0.2) is 0 Å². The molecule has 1 saturated carbocycles. The maximum Gasteiger partial charge on any atom is 0.0775 e. The Morgan fingerprint density at radius 1 is 1.05 bits per heavy atom. The van der Waals surface area contributed by atoms with Gasteiger partial charge in [-0.1, -0.05) is 56.0 Å². The minimum absolute atomic E-state index is 0.441. The Hall–Kier alpha value is -0.643. The molecule has 2 N–H and O–H groups in total. The van der Waals surface area contributed by atoms with Crippen LogP contribution < -0.4 is 10.9 Å². The van der Waals surface area contributed by atoms with Crippen molar-refractivity contribution >= 4 is 13.3 Å². The quantitative estimate of drug-likeness (QED) is 0.846. The van der Waals surface area contributed by atoms with E-state index in [-0.39, 0.29) is 0 Å². The molecule has 1 aliphatic carbocycles. The second-order valence-electron chi connectivity index (χ2n) is 7.58. The molecule has 0 unspecified atom stereocenters. The van der Waals surface area contributed by atoms with Gasteiger partial charge >= 0.3 is 0 Å². The zero-order valence-corrected chi connectivity index (χ0v) is 15.2. The average Bonchev–Trinajstić information content (AvgIpc) is 2.45. The lowest BCUT2D eigenvalue weighted by molar-refractivity contribution is 0.149. The highest BCUT2D eigenvalue weighted by atomic mass is 28.3. The van der Waals surface area contributed by atoms with Crippen molar-refractivity contribution in [3.05, 3.63) is 29.8 Å². The molecule has 3 heteroatoms. The fourth-order valence-corrected chi connectivity index (χ4v) is 4.48. The molecule has 2 nitrogen and oxygen atoms in total. The van der Waals surface area contributed by atoms with E-state index in [0.717, 1.165) is 19.1 Å². The maximum atomic E-state index is 6.03. The van der Waals surface area contributed by atoms with Gasteiger partial charge in [0.25, 0.3) is 0 Å². The van der Waals surface area contributed by atoms with Crippen LogP contribution in [-0.4, -0.2) is 31.6 Å². The van der Waals surface area contributed by atoms with Crippen LogP contribution in [0.5, 0.6) is 0 Å². The van der Waals surface area contributed by atoms with Crippen molar-refractivity contribution in [2.45, 2.75) is 70.9 Å². The summed E-state index contributed by atoms with van der Waals surface area (Å²) in [6, 6.07) is 10.6. The number of benzene rings is 1. The lowest BCUT2D eigenvalue weighted by Crippen LogP contribution is -2.40. The summed E-state index contributed by atoms with van der Waals surface area (Å²) in [4.78, 5) is 2.63. The molecule has 0 heterocycles. The number of hydrogen-bond donors (Lipinski definition) is 1. The third-order valence-corrected chi connectivity index (χ3v) is 6.93. The first-order valence-corrected chi connectivity index (χ1v) is 12.0. The molecule has 118 valence electrons. The zero-order valence-electron chi connectivity index (χ0n) is 14.2. The highest BCUT2D eigenvalue weighted by molar-refractivity contribution is 6.88. The van der Waals surface area contributed by atoms with Crippen molar-refractivity contribution in [1.29, 1.82) is 0 Å². The van der Waals surface area contributed by atoms with Crippen molar-refractivity contribution in [3.8, 4) is 0 Å². The summed E-state index contributed by atoms with van der Waals surface area (Å²) < 4.78 is 0. The fraction of sp³-hybridized carbons (Fsp3) is 0.667. The first-order chi connectivity index (χ1) is 9.90. The smallest absolute Gasteiger partial charge is 0.0775 e. The molecule has 0 amide bonds. The highest BCUT2D eigenvalue weighted by Crippen LogP contribution is 2.23. The largest absolute Gasteiger partial charge is 0.328 e. The first-order valence-electron chi connectivity index (χ1n) is 8.49. The molecule has 1 aromatic rings. The fourth-order valence-electron chi connectivity index (χ4n) is 3.31. The van der Waals surface area contributed by atoms with Gasteiger partial charge in [-0.3, -0.25) is 4.90 Å². The molecule has 0 bridgehead atoms. The summed E-state index contributed by atoms with van der Waals surface area (Å²) in [6.45, 7) is 11.7. The molecule has 1 fully saturated rings. The van der Waals surface area contributed by atoms with Crippen LogP contribution in [0.1, 0.15) is 38.2 Å². The van der Waals surface area contributed by atoms with Gasteiger partial charge in [0.05, 0.1) is 8.07 Å². The Morgan fingerprint density at radius 2 is 1.62 bits per heavy atom. The van der Waals surface area contributed by atoms with Gasteiger partial charge in [-0.05, 0) is 37.8 Å². The Kier molecular flexibility index (Phi) is 5.64. The maximum absolute atomic E-state index is 6.03.